The Hall–Kier alpha value is -1.66. The van der Waals surface area contributed by atoms with Crippen LogP contribution in [0.1, 0.15) is 41.0 Å². The van der Waals surface area contributed by atoms with Crippen molar-refractivity contribution < 1.29 is 8.42 Å². The summed E-state index contributed by atoms with van der Waals surface area (Å²) in [6, 6.07) is 1.60. The van der Waals surface area contributed by atoms with Crippen molar-refractivity contribution >= 4 is 10.0 Å². The van der Waals surface area contributed by atoms with Gasteiger partial charge in [-0.15, -0.1) is 0 Å². The molecule has 1 heterocycles. The molecule has 21 heavy (non-hydrogen) atoms. The van der Waals surface area contributed by atoms with Crippen molar-refractivity contribution in [3.8, 4) is 0 Å². The third-order valence-corrected chi connectivity index (χ3v) is 5.64. The minimum atomic E-state index is -3.60. The monoisotopic (exact) mass is 307 g/mol. The SMILES string of the molecule is Cc1cc(C)c(C)c(S(=O)(=O)NC(C)c2ncc[nH]2)c1C. The number of benzene rings is 1. The van der Waals surface area contributed by atoms with Crippen molar-refractivity contribution in [2.75, 3.05) is 0 Å². The first-order valence-electron chi connectivity index (χ1n) is 6.83. The van der Waals surface area contributed by atoms with Gasteiger partial charge in [0, 0.05) is 12.4 Å². The molecule has 2 N–H and O–H groups in total. The lowest BCUT2D eigenvalue weighted by atomic mass is 10.0. The predicted molar refractivity (Wildman–Crippen MR) is 82.7 cm³/mol. The average Bonchev–Trinajstić information content (AvgIpc) is 2.89. The Balaban J connectivity index is 2.46. The van der Waals surface area contributed by atoms with Gasteiger partial charge in [-0.05, 0) is 56.9 Å². The molecular formula is C15H21N3O2S. The molecule has 0 radical (unpaired) electrons. The molecule has 2 rings (SSSR count). The topological polar surface area (TPSA) is 74.8 Å². The van der Waals surface area contributed by atoms with Crippen LogP contribution in [0.15, 0.2) is 23.4 Å². The number of imidazole rings is 1. The van der Waals surface area contributed by atoms with Crippen molar-refractivity contribution in [2.45, 2.75) is 45.6 Å². The highest BCUT2D eigenvalue weighted by Gasteiger charge is 2.24. The average molecular weight is 307 g/mol. The number of aromatic amines is 1. The van der Waals surface area contributed by atoms with Crippen LogP contribution in [0, 0.1) is 27.7 Å². The van der Waals surface area contributed by atoms with E-state index in [0.717, 1.165) is 22.3 Å². The van der Waals surface area contributed by atoms with Crippen molar-refractivity contribution in [1.29, 1.82) is 0 Å². The maximum Gasteiger partial charge on any atom is 0.241 e. The lowest BCUT2D eigenvalue weighted by molar-refractivity contribution is 0.559. The molecule has 0 spiro atoms. The minimum Gasteiger partial charge on any atom is -0.347 e. The number of nitrogens with one attached hydrogen (secondary N) is 2. The standard InChI is InChI=1S/C15H21N3O2S/c1-9-8-10(2)12(4)14(11(9)3)21(19,20)18-13(5)15-16-6-7-17-15/h6-8,13,18H,1-5H3,(H,16,17). The van der Waals surface area contributed by atoms with E-state index in [1.165, 1.54) is 0 Å². The Morgan fingerprint density at radius 2 is 1.71 bits per heavy atom. The second-order valence-electron chi connectivity index (χ2n) is 5.41. The number of hydrogen-bond acceptors (Lipinski definition) is 3. The fourth-order valence-corrected chi connectivity index (χ4v) is 4.27. The van der Waals surface area contributed by atoms with Gasteiger partial charge in [0.1, 0.15) is 5.82 Å². The van der Waals surface area contributed by atoms with Gasteiger partial charge in [-0.3, -0.25) is 0 Å². The van der Waals surface area contributed by atoms with Crippen LogP contribution in [0.25, 0.3) is 0 Å². The molecule has 0 aliphatic rings. The van der Waals surface area contributed by atoms with Crippen LogP contribution >= 0.6 is 0 Å². The number of nitrogens with zero attached hydrogens (tertiary/aromatic N) is 1. The molecule has 1 aromatic carbocycles. The number of rotatable bonds is 4. The molecule has 0 saturated carbocycles. The van der Waals surface area contributed by atoms with Crippen LogP contribution in [-0.2, 0) is 10.0 Å². The first kappa shape index (κ1) is 15.7. The molecule has 0 aliphatic heterocycles. The molecule has 0 amide bonds. The van der Waals surface area contributed by atoms with E-state index in [2.05, 4.69) is 14.7 Å². The molecule has 0 fully saturated rings. The summed E-state index contributed by atoms with van der Waals surface area (Å²) >= 11 is 0. The van der Waals surface area contributed by atoms with E-state index in [1.54, 1.807) is 19.3 Å². The van der Waals surface area contributed by atoms with E-state index in [0.29, 0.717) is 10.7 Å². The van der Waals surface area contributed by atoms with Crippen molar-refractivity contribution in [1.82, 2.24) is 14.7 Å². The summed E-state index contributed by atoms with van der Waals surface area (Å²) in [6.07, 6.45) is 3.28. The second kappa shape index (κ2) is 5.61. The normalized spacial score (nSPS) is 13.4. The van der Waals surface area contributed by atoms with E-state index in [4.69, 9.17) is 0 Å². The highest BCUT2D eigenvalue weighted by molar-refractivity contribution is 7.89. The van der Waals surface area contributed by atoms with Gasteiger partial charge in [-0.1, -0.05) is 6.07 Å². The Morgan fingerprint density at radius 3 is 2.19 bits per heavy atom. The summed E-state index contributed by atoms with van der Waals surface area (Å²) < 4.78 is 28.2. The van der Waals surface area contributed by atoms with Crippen molar-refractivity contribution in [2.24, 2.45) is 0 Å². The van der Waals surface area contributed by atoms with Crippen LogP contribution in [0.3, 0.4) is 0 Å². The number of sulfonamides is 1. The lowest BCUT2D eigenvalue weighted by Crippen LogP contribution is -2.29. The minimum absolute atomic E-state index is 0.374. The van der Waals surface area contributed by atoms with Gasteiger partial charge in [0.2, 0.25) is 10.0 Å². The van der Waals surface area contributed by atoms with Gasteiger partial charge in [0.05, 0.1) is 10.9 Å². The molecule has 1 unspecified atom stereocenters. The summed E-state index contributed by atoms with van der Waals surface area (Å²) in [5.74, 6) is 0.596. The van der Waals surface area contributed by atoms with Gasteiger partial charge < -0.3 is 4.98 Å². The molecule has 6 heteroatoms. The molecule has 0 saturated heterocycles. The first-order chi connectivity index (χ1) is 9.74. The molecule has 2 aromatic rings. The summed E-state index contributed by atoms with van der Waals surface area (Å²) in [6.45, 7) is 9.30. The quantitative estimate of drug-likeness (QED) is 0.912. The Bertz CT molecular complexity index is 723. The number of aromatic nitrogens is 2. The number of H-pyrrole nitrogens is 1. The van der Waals surface area contributed by atoms with Crippen molar-refractivity contribution in [3.05, 3.63) is 46.5 Å². The molecule has 1 aromatic heterocycles. The molecule has 1 atom stereocenters. The fraction of sp³-hybridized carbons (Fsp3) is 0.400. The highest BCUT2D eigenvalue weighted by Crippen LogP contribution is 2.27. The maximum absolute atomic E-state index is 12.7. The summed E-state index contributed by atoms with van der Waals surface area (Å²) in [4.78, 5) is 7.39. The molecule has 5 nitrogen and oxygen atoms in total. The van der Waals surface area contributed by atoms with E-state index in [1.807, 2.05) is 33.8 Å². The Kier molecular flexibility index (Phi) is 4.20. The number of hydrogen-bond donors (Lipinski definition) is 2. The Morgan fingerprint density at radius 1 is 1.14 bits per heavy atom. The van der Waals surface area contributed by atoms with E-state index < -0.39 is 16.1 Å². The zero-order valence-electron chi connectivity index (χ0n) is 13.0. The van der Waals surface area contributed by atoms with Crippen LogP contribution in [0.2, 0.25) is 0 Å². The predicted octanol–water partition coefficient (Wildman–Crippen LogP) is 2.68. The molecule has 0 bridgehead atoms. The van der Waals surface area contributed by atoms with E-state index in [-0.39, 0.29) is 0 Å². The summed E-state index contributed by atoms with van der Waals surface area (Å²) in [7, 11) is -3.60. The van der Waals surface area contributed by atoms with Crippen LogP contribution in [0.5, 0.6) is 0 Å². The van der Waals surface area contributed by atoms with Crippen molar-refractivity contribution in [3.63, 3.8) is 0 Å². The van der Waals surface area contributed by atoms with Gasteiger partial charge in [-0.2, -0.15) is 0 Å². The largest absolute Gasteiger partial charge is 0.347 e. The zero-order valence-corrected chi connectivity index (χ0v) is 13.8. The van der Waals surface area contributed by atoms with Crippen LogP contribution < -0.4 is 4.72 Å². The fourth-order valence-electron chi connectivity index (χ4n) is 2.45. The Labute approximate surface area is 125 Å². The van der Waals surface area contributed by atoms with E-state index in [9.17, 15) is 8.42 Å². The van der Waals surface area contributed by atoms with Gasteiger partial charge >= 0.3 is 0 Å². The van der Waals surface area contributed by atoms with E-state index >= 15 is 0 Å². The third kappa shape index (κ3) is 3.01. The van der Waals surface area contributed by atoms with Gasteiger partial charge in [-0.25, -0.2) is 18.1 Å². The lowest BCUT2D eigenvalue weighted by Gasteiger charge is -2.18. The summed E-state index contributed by atoms with van der Waals surface area (Å²) in [5.41, 5.74) is 3.53. The zero-order chi connectivity index (χ0) is 15.8. The molecule has 114 valence electrons. The highest BCUT2D eigenvalue weighted by atomic mass is 32.2. The summed E-state index contributed by atoms with van der Waals surface area (Å²) in [5, 5.41) is 0. The third-order valence-electron chi connectivity index (χ3n) is 3.83. The van der Waals surface area contributed by atoms with Crippen LogP contribution in [-0.4, -0.2) is 18.4 Å². The maximum atomic E-state index is 12.7. The number of aryl methyl sites for hydroxylation is 2. The second-order valence-corrected chi connectivity index (χ2v) is 7.06. The molecule has 0 aliphatic carbocycles. The first-order valence-corrected chi connectivity index (χ1v) is 8.31. The molecular weight excluding hydrogens is 286 g/mol. The van der Waals surface area contributed by atoms with Crippen LogP contribution in [0.4, 0.5) is 0 Å². The smallest absolute Gasteiger partial charge is 0.241 e. The van der Waals surface area contributed by atoms with Gasteiger partial charge in [0.25, 0.3) is 0 Å². The van der Waals surface area contributed by atoms with Gasteiger partial charge in [0.15, 0.2) is 0 Å².